The third-order valence-corrected chi connectivity index (χ3v) is 3.37. The van der Waals surface area contributed by atoms with Crippen LogP contribution in [0, 0.1) is 5.92 Å². The molecule has 2 heteroatoms. The van der Waals surface area contributed by atoms with Gasteiger partial charge in [-0.2, -0.15) is 0 Å². The first-order chi connectivity index (χ1) is 6.06. The number of hydrogen-bond donors (Lipinski definition) is 2. The van der Waals surface area contributed by atoms with Gasteiger partial charge in [0.2, 0.25) is 0 Å². The Bertz CT molecular complexity index is 152. The average molecular weight is 185 g/mol. The van der Waals surface area contributed by atoms with Crippen molar-refractivity contribution in [2.45, 2.75) is 58.1 Å². The Balaban J connectivity index is 2.33. The van der Waals surface area contributed by atoms with E-state index in [9.17, 15) is 5.11 Å². The lowest BCUT2D eigenvalue weighted by Crippen LogP contribution is -2.48. The summed E-state index contributed by atoms with van der Waals surface area (Å²) < 4.78 is 0. The van der Waals surface area contributed by atoms with Gasteiger partial charge in [0.05, 0.1) is 5.60 Å². The second-order valence-corrected chi connectivity index (χ2v) is 4.64. The molecule has 0 spiro atoms. The van der Waals surface area contributed by atoms with Crippen molar-refractivity contribution in [3.05, 3.63) is 0 Å². The van der Waals surface area contributed by atoms with Gasteiger partial charge in [-0.15, -0.1) is 0 Å². The minimum absolute atomic E-state index is 0.207. The summed E-state index contributed by atoms with van der Waals surface area (Å²) >= 11 is 0. The standard InChI is InChI=1S/C11H23NO/c1-4-12-9(2)11(3,13)8-10-6-5-7-10/h9-10,12-13H,4-8H2,1-3H3. The zero-order valence-corrected chi connectivity index (χ0v) is 9.14. The van der Waals surface area contributed by atoms with Crippen LogP contribution in [0.1, 0.15) is 46.5 Å². The summed E-state index contributed by atoms with van der Waals surface area (Å²) in [6.45, 7) is 7.04. The minimum atomic E-state index is -0.527. The normalized spacial score (nSPS) is 24.9. The topological polar surface area (TPSA) is 32.3 Å². The SMILES string of the molecule is CCNC(C)C(C)(O)CC1CCC1. The first-order valence-corrected chi connectivity index (χ1v) is 5.52. The third kappa shape index (κ3) is 2.96. The summed E-state index contributed by atoms with van der Waals surface area (Å²) in [4.78, 5) is 0. The number of hydrogen-bond acceptors (Lipinski definition) is 2. The van der Waals surface area contributed by atoms with Crippen molar-refractivity contribution in [2.24, 2.45) is 5.92 Å². The lowest BCUT2D eigenvalue weighted by molar-refractivity contribution is -0.00805. The molecular weight excluding hydrogens is 162 g/mol. The maximum atomic E-state index is 10.2. The predicted octanol–water partition coefficient (Wildman–Crippen LogP) is 1.93. The lowest BCUT2D eigenvalue weighted by atomic mass is 9.76. The highest BCUT2D eigenvalue weighted by Gasteiger charge is 2.32. The fourth-order valence-electron chi connectivity index (χ4n) is 1.98. The first kappa shape index (κ1) is 11.0. The Labute approximate surface area is 81.7 Å². The summed E-state index contributed by atoms with van der Waals surface area (Å²) in [7, 11) is 0. The summed E-state index contributed by atoms with van der Waals surface area (Å²) in [6, 6.07) is 0.207. The maximum Gasteiger partial charge on any atom is 0.0771 e. The molecule has 1 fully saturated rings. The first-order valence-electron chi connectivity index (χ1n) is 5.52. The van der Waals surface area contributed by atoms with Gasteiger partial charge in [-0.25, -0.2) is 0 Å². The molecule has 2 nitrogen and oxygen atoms in total. The second kappa shape index (κ2) is 4.43. The maximum absolute atomic E-state index is 10.2. The van der Waals surface area contributed by atoms with Gasteiger partial charge in [0.25, 0.3) is 0 Å². The fourth-order valence-corrected chi connectivity index (χ4v) is 1.98. The van der Waals surface area contributed by atoms with E-state index in [0.29, 0.717) is 0 Å². The summed E-state index contributed by atoms with van der Waals surface area (Å²) in [5, 5.41) is 13.5. The van der Waals surface area contributed by atoms with E-state index in [1.54, 1.807) is 0 Å². The van der Waals surface area contributed by atoms with E-state index in [0.717, 1.165) is 18.9 Å². The highest BCUT2D eigenvalue weighted by atomic mass is 16.3. The molecule has 0 aromatic carbocycles. The molecule has 1 saturated carbocycles. The van der Waals surface area contributed by atoms with Crippen molar-refractivity contribution >= 4 is 0 Å². The molecular formula is C11H23NO. The van der Waals surface area contributed by atoms with Crippen molar-refractivity contribution in [3.63, 3.8) is 0 Å². The number of rotatable bonds is 5. The van der Waals surface area contributed by atoms with Crippen LogP contribution in [0.5, 0.6) is 0 Å². The van der Waals surface area contributed by atoms with Gasteiger partial charge < -0.3 is 10.4 Å². The molecule has 0 bridgehead atoms. The van der Waals surface area contributed by atoms with Gasteiger partial charge >= 0.3 is 0 Å². The second-order valence-electron chi connectivity index (χ2n) is 4.64. The Morgan fingerprint density at radius 2 is 2.15 bits per heavy atom. The van der Waals surface area contributed by atoms with Crippen molar-refractivity contribution in [2.75, 3.05) is 6.54 Å². The molecule has 0 aliphatic heterocycles. The van der Waals surface area contributed by atoms with Gasteiger partial charge in [-0.3, -0.25) is 0 Å². The molecule has 1 rings (SSSR count). The van der Waals surface area contributed by atoms with E-state index < -0.39 is 5.60 Å². The van der Waals surface area contributed by atoms with Crippen LogP contribution in [0.3, 0.4) is 0 Å². The van der Waals surface area contributed by atoms with Gasteiger partial charge in [0.1, 0.15) is 0 Å². The van der Waals surface area contributed by atoms with Crippen LogP contribution in [0.4, 0.5) is 0 Å². The summed E-state index contributed by atoms with van der Waals surface area (Å²) in [6.07, 6.45) is 4.95. The van der Waals surface area contributed by atoms with E-state index in [1.165, 1.54) is 19.3 Å². The third-order valence-electron chi connectivity index (χ3n) is 3.37. The Morgan fingerprint density at radius 3 is 2.54 bits per heavy atom. The molecule has 0 radical (unpaired) electrons. The Hall–Kier alpha value is -0.0800. The number of likely N-dealkylation sites (N-methyl/N-ethyl adjacent to an activating group) is 1. The van der Waals surface area contributed by atoms with Crippen LogP contribution in [0.25, 0.3) is 0 Å². The fraction of sp³-hybridized carbons (Fsp3) is 1.00. The molecule has 0 heterocycles. The molecule has 13 heavy (non-hydrogen) atoms. The van der Waals surface area contributed by atoms with Crippen LogP contribution in [0.15, 0.2) is 0 Å². The molecule has 1 aliphatic rings. The molecule has 2 atom stereocenters. The van der Waals surface area contributed by atoms with Crippen molar-refractivity contribution < 1.29 is 5.11 Å². The molecule has 0 aromatic heterocycles. The smallest absolute Gasteiger partial charge is 0.0771 e. The lowest BCUT2D eigenvalue weighted by Gasteiger charge is -2.37. The highest BCUT2D eigenvalue weighted by molar-refractivity contribution is 4.88. The largest absolute Gasteiger partial charge is 0.389 e. The summed E-state index contributed by atoms with van der Waals surface area (Å²) in [5.41, 5.74) is -0.527. The van der Waals surface area contributed by atoms with Gasteiger partial charge in [-0.1, -0.05) is 26.2 Å². The van der Waals surface area contributed by atoms with Crippen LogP contribution in [-0.4, -0.2) is 23.3 Å². The van der Waals surface area contributed by atoms with Crippen LogP contribution < -0.4 is 5.32 Å². The molecule has 1 aliphatic carbocycles. The average Bonchev–Trinajstić information content (AvgIpc) is 1.98. The van der Waals surface area contributed by atoms with E-state index in [4.69, 9.17) is 0 Å². The van der Waals surface area contributed by atoms with E-state index in [1.807, 2.05) is 6.92 Å². The van der Waals surface area contributed by atoms with Gasteiger partial charge in [0.15, 0.2) is 0 Å². The van der Waals surface area contributed by atoms with Crippen LogP contribution in [-0.2, 0) is 0 Å². The number of nitrogens with one attached hydrogen (secondary N) is 1. The zero-order chi connectivity index (χ0) is 9.90. The minimum Gasteiger partial charge on any atom is -0.389 e. The molecule has 2 unspecified atom stereocenters. The predicted molar refractivity (Wildman–Crippen MR) is 55.7 cm³/mol. The van der Waals surface area contributed by atoms with Crippen molar-refractivity contribution in [3.8, 4) is 0 Å². The van der Waals surface area contributed by atoms with E-state index >= 15 is 0 Å². The molecule has 0 amide bonds. The highest BCUT2D eigenvalue weighted by Crippen LogP contribution is 2.34. The van der Waals surface area contributed by atoms with Crippen LogP contribution in [0.2, 0.25) is 0 Å². The monoisotopic (exact) mass is 185 g/mol. The molecule has 0 aromatic rings. The quantitative estimate of drug-likeness (QED) is 0.686. The Kier molecular flexibility index (Phi) is 3.74. The zero-order valence-electron chi connectivity index (χ0n) is 9.14. The number of aliphatic hydroxyl groups is 1. The Morgan fingerprint density at radius 1 is 1.54 bits per heavy atom. The van der Waals surface area contributed by atoms with Gasteiger partial charge in [-0.05, 0) is 32.7 Å². The van der Waals surface area contributed by atoms with Crippen molar-refractivity contribution in [1.29, 1.82) is 0 Å². The van der Waals surface area contributed by atoms with Crippen LogP contribution >= 0.6 is 0 Å². The van der Waals surface area contributed by atoms with Crippen molar-refractivity contribution in [1.82, 2.24) is 5.32 Å². The van der Waals surface area contributed by atoms with E-state index in [2.05, 4.69) is 19.2 Å². The molecule has 0 saturated heterocycles. The van der Waals surface area contributed by atoms with E-state index in [-0.39, 0.29) is 6.04 Å². The molecule has 78 valence electrons. The summed E-state index contributed by atoms with van der Waals surface area (Å²) in [5.74, 6) is 0.774. The van der Waals surface area contributed by atoms with Gasteiger partial charge in [0, 0.05) is 6.04 Å². The molecule has 2 N–H and O–H groups in total.